The fourth-order valence-corrected chi connectivity index (χ4v) is 2.98. The van der Waals surface area contributed by atoms with Crippen molar-refractivity contribution in [2.45, 2.75) is 26.9 Å². The Morgan fingerprint density at radius 2 is 1.88 bits per heavy atom. The van der Waals surface area contributed by atoms with Gasteiger partial charge in [-0.05, 0) is 31.5 Å². The molecule has 0 radical (unpaired) electrons. The SMILES string of the molecule is CCN(CC)C(=O)c1cc2n(n1)CCN(Cc1ccc(F)cc1)C2=O. The minimum absolute atomic E-state index is 0.162. The number of hydrogen-bond acceptors (Lipinski definition) is 3. The van der Waals surface area contributed by atoms with Crippen molar-refractivity contribution in [2.24, 2.45) is 0 Å². The van der Waals surface area contributed by atoms with Crippen LogP contribution in [0.15, 0.2) is 30.3 Å². The third-order valence-electron chi connectivity index (χ3n) is 4.42. The van der Waals surface area contributed by atoms with E-state index in [9.17, 15) is 14.0 Å². The molecule has 0 bridgehead atoms. The molecule has 1 aromatic heterocycles. The molecular weight excluding hydrogens is 323 g/mol. The summed E-state index contributed by atoms with van der Waals surface area (Å²) in [6, 6.07) is 7.68. The van der Waals surface area contributed by atoms with E-state index in [1.807, 2.05) is 13.8 Å². The average molecular weight is 344 g/mol. The number of rotatable bonds is 5. The van der Waals surface area contributed by atoms with Crippen LogP contribution in [0.3, 0.4) is 0 Å². The topological polar surface area (TPSA) is 58.4 Å². The Bertz CT molecular complexity index is 781. The Kier molecular flexibility index (Phi) is 4.83. The van der Waals surface area contributed by atoms with E-state index < -0.39 is 0 Å². The number of carbonyl (C=O) groups excluding carboxylic acids is 2. The van der Waals surface area contributed by atoms with Crippen molar-refractivity contribution in [3.05, 3.63) is 53.1 Å². The number of halogens is 1. The molecule has 2 heterocycles. The molecule has 1 aromatic carbocycles. The van der Waals surface area contributed by atoms with Gasteiger partial charge in [-0.3, -0.25) is 14.3 Å². The van der Waals surface area contributed by atoms with E-state index >= 15 is 0 Å². The van der Waals surface area contributed by atoms with Gasteiger partial charge in [-0.25, -0.2) is 4.39 Å². The van der Waals surface area contributed by atoms with Crippen LogP contribution >= 0.6 is 0 Å². The summed E-state index contributed by atoms with van der Waals surface area (Å²) in [4.78, 5) is 28.5. The molecule has 1 aliphatic heterocycles. The highest BCUT2D eigenvalue weighted by Gasteiger charge is 2.28. The van der Waals surface area contributed by atoms with Crippen LogP contribution in [-0.4, -0.2) is 51.0 Å². The number of fused-ring (bicyclic) bond motifs is 1. The summed E-state index contributed by atoms with van der Waals surface area (Å²) in [5, 5.41) is 4.30. The molecule has 0 saturated heterocycles. The van der Waals surface area contributed by atoms with Crippen molar-refractivity contribution in [2.75, 3.05) is 19.6 Å². The Morgan fingerprint density at radius 3 is 2.52 bits per heavy atom. The standard InChI is InChI=1S/C18H21FN4O2/c1-3-21(4-2)17(24)15-11-16-18(25)22(9-10-23(16)20-15)12-13-5-7-14(19)8-6-13/h5-8,11H,3-4,9-10,12H2,1-2H3. The summed E-state index contributed by atoms with van der Waals surface area (Å²) in [7, 11) is 0. The highest BCUT2D eigenvalue weighted by molar-refractivity contribution is 5.98. The summed E-state index contributed by atoms with van der Waals surface area (Å²) in [5.41, 5.74) is 1.58. The van der Waals surface area contributed by atoms with Crippen LogP contribution in [0.4, 0.5) is 4.39 Å². The molecule has 0 spiro atoms. The van der Waals surface area contributed by atoms with E-state index in [1.54, 1.807) is 32.7 Å². The molecular formula is C18H21FN4O2. The van der Waals surface area contributed by atoms with Crippen molar-refractivity contribution in [3.63, 3.8) is 0 Å². The van der Waals surface area contributed by atoms with Gasteiger partial charge in [-0.2, -0.15) is 5.10 Å². The zero-order chi connectivity index (χ0) is 18.0. The number of carbonyl (C=O) groups is 2. The normalized spacial score (nSPS) is 13.7. The largest absolute Gasteiger partial charge is 0.338 e. The zero-order valence-electron chi connectivity index (χ0n) is 14.4. The molecule has 0 saturated carbocycles. The summed E-state index contributed by atoms with van der Waals surface area (Å²) in [6.45, 7) is 6.46. The molecule has 132 valence electrons. The van der Waals surface area contributed by atoms with E-state index in [2.05, 4.69) is 5.10 Å². The molecule has 6 nitrogen and oxygen atoms in total. The van der Waals surface area contributed by atoms with Crippen molar-refractivity contribution in [1.82, 2.24) is 19.6 Å². The average Bonchev–Trinajstić information content (AvgIpc) is 3.05. The first-order chi connectivity index (χ1) is 12.0. The summed E-state index contributed by atoms with van der Waals surface area (Å²) in [5.74, 6) is -0.627. The third-order valence-corrected chi connectivity index (χ3v) is 4.42. The van der Waals surface area contributed by atoms with Crippen molar-refractivity contribution in [3.8, 4) is 0 Å². The van der Waals surface area contributed by atoms with Gasteiger partial charge in [0, 0.05) is 32.2 Å². The molecule has 2 amide bonds. The van der Waals surface area contributed by atoms with E-state index in [1.165, 1.54) is 12.1 Å². The van der Waals surface area contributed by atoms with Crippen molar-refractivity contribution < 1.29 is 14.0 Å². The molecule has 7 heteroatoms. The molecule has 1 aliphatic rings. The lowest BCUT2D eigenvalue weighted by Gasteiger charge is -2.27. The number of benzene rings is 1. The molecule has 0 atom stereocenters. The minimum Gasteiger partial charge on any atom is -0.338 e. The van der Waals surface area contributed by atoms with Gasteiger partial charge >= 0.3 is 0 Å². The summed E-state index contributed by atoms with van der Waals surface area (Å²) >= 11 is 0. The van der Waals surface area contributed by atoms with Gasteiger partial charge in [0.25, 0.3) is 11.8 Å². The van der Waals surface area contributed by atoms with E-state index in [0.717, 1.165) is 5.56 Å². The summed E-state index contributed by atoms with van der Waals surface area (Å²) in [6.07, 6.45) is 0. The molecule has 0 N–H and O–H groups in total. The van der Waals surface area contributed by atoms with Crippen LogP contribution in [0.5, 0.6) is 0 Å². The Balaban J connectivity index is 1.78. The Labute approximate surface area is 145 Å². The van der Waals surface area contributed by atoms with Crippen LogP contribution in [-0.2, 0) is 13.1 Å². The van der Waals surface area contributed by atoms with Gasteiger partial charge in [0.1, 0.15) is 11.5 Å². The molecule has 25 heavy (non-hydrogen) atoms. The van der Waals surface area contributed by atoms with Crippen molar-refractivity contribution >= 4 is 11.8 Å². The first-order valence-corrected chi connectivity index (χ1v) is 8.44. The quantitative estimate of drug-likeness (QED) is 0.835. The fourth-order valence-electron chi connectivity index (χ4n) is 2.98. The second-order valence-corrected chi connectivity index (χ2v) is 5.97. The van der Waals surface area contributed by atoms with E-state index in [-0.39, 0.29) is 17.6 Å². The highest BCUT2D eigenvalue weighted by Crippen LogP contribution is 2.17. The van der Waals surface area contributed by atoms with Gasteiger partial charge in [0.05, 0.1) is 6.54 Å². The lowest BCUT2D eigenvalue weighted by molar-refractivity contribution is 0.0681. The van der Waals surface area contributed by atoms with Gasteiger partial charge < -0.3 is 9.80 Å². The fraction of sp³-hybridized carbons (Fsp3) is 0.389. The molecule has 0 unspecified atom stereocenters. The van der Waals surface area contributed by atoms with Gasteiger partial charge in [0.2, 0.25) is 0 Å². The van der Waals surface area contributed by atoms with E-state index in [0.29, 0.717) is 44.1 Å². The number of aromatic nitrogens is 2. The number of hydrogen-bond donors (Lipinski definition) is 0. The molecule has 0 fully saturated rings. The molecule has 2 aromatic rings. The zero-order valence-corrected chi connectivity index (χ0v) is 14.4. The maximum absolute atomic E-state index is 13.0. The Morgan fingerprint density at radius 1 is 1.20 bits per heavy atom. The van der Waals surface area contributed by atoms with Crippen LogP contribution in [0, 0.1) is 5.82 Å². The summed E-state index contributed by atoms with van der Waals surface area (Å²) < 4.78 is 14.6. The smallest absolute Gasteiger partial charge is 0.274 e. The minimum atomic E-state index is -0.300. The van der Waals surface area contributed by atoms with Crippen LogP contribution < -0.4 is 0 Å². The maximum Gasteiger partial charge on any atom is 0.274 e. The van der Waals surface area contributed by atoms with Crippen molar-refractivity contribution in [1.29, 1.82) is 0 Å². The predicted octanol–water partition coefficient (Wildman–Crippen LogP) is 2.16. The van der Waals surface area contributed by atoms with Crippen LogP contribution in [0.2, 0.25) is 0 Å². The lowest BCUT2D eigenvalue weighted by atomic mass is 10.2. The number of nitrogens with zero attached hydrogens (tertiary/aromatic N) is 4. The second-order valence-electron chi connectivity index (χ2n) is 5.97. The first kappa shape index (κ1) is 17.1. The molecule has 3 rings (SSSR count). The van der Waals surface area contributed by atoms with Gasteiger partial charge in [-0.1, -0.05) is 12.1 Å². The second kappa shape index (κ2) is 7.04. The van der Waals surface area contributed by atoms with Gasteiger partial charge in [0.15, 0.2) is 5.69 Å². The van der Waals surface area contributed by atoms with E-state index in [4.69, 9.17) is 0 Å². The predicted molar refractivity (Wildman–Crippen MR) is 90.6 cm³/mol. The highest BCUT2D eigenvalue weighted by atomic mass is 19.1. The van der Waals surface area contributed by atoms with Crippen LogP contribution in [0.25, 0.3) is 0 Å². The Hall–Kier alpha value is -2.70. The number of amides is 2. The monoisotopic (exact) mass is 344 g/mol. The van der Waals surface area contributed by atoms with Gasteiger partial charge in [-0.15, -0.1) is 0 Å². The lowest BCUT2D eigenvalue weighted by Crippen LogP contribution is -2.39. The third kappa shape index (κ3) is 3.40. The maximum atomic E-state index is 13.0. The molecule has 0 aliphatic carbocycles. The first-order valence-electron chi connectivity index (χ1n) is 8.44. The van der Waals surface area contributed by atoms with Crippen LogP contribution in [0.1, 0.15) is 40.4 Å².